The molecule has 0 saturated carbocycles. The van der Waals surface area contributed by atoms with Crippen LogP contribution in [-0.2, 0) is 9.59 Å². The number of aliphatic carboxylic acids is 1. The van der Waals surface area contributed by atoms with Gasteiger partial charge in [0.2, 0.25) is 0 Å². The molecule has 0 heterocycles. The largest absolute Gasteiger partial charge is 0.481 e. The average molecular weight is 307 g/mol. The molecule has 1 rings (SSSR count). The van der Waals surface area contributed by atoms with E-state index < -0.39 is 24.0 Å². The molecule has 2 N–H and O–H groups in total. The highest BCUT2D eigenvalue weighted by atomic mass is 16.5. The van der Waals surface area contributed by atoms with Gasteiger partial charge in [0.05, 0.1) is 0 Å². The molecule has 0 aliphatic rings. The SMILES string of the molecule is CC(Oc1ccccc1)C(=O)NC(CCC(C)(C)C)C(=O)O. The first-order valence-corrected chi connectivity index (χ1v) is 7.44. The van der Waals surface area contributed by atoms with E-state index >= 15 is 0 Å². The number of amides is 1. The van der Waals surface area contributed by atoms with Crippen molar-refractivity contribution < 1.29 is 19.4 Å². The van der Waals surface area contributed by atoms with Gasteiger partial charge in [-0.15, -0.1) is 0 Å². The number of hydrogen-bond acceptors (Lipinski definition) is 3. The number of nitrogens with one attached hydrogen (secondary N) is 1. The maximum Gasteiger partial charge on any atom is 0.326 e. The summed E-state index contributed by atoms with van der Waals surface area (Å²) in [5, 5.41) is 11.8. The third-order valence-corrected chi connectivity index (χ3v) is 3.22. The molecule has 1 aromatic carbocycles. The second-order valence-corrected chi connectivity index (χ2v) is 6.57. The zero-order valence-electron chi connectivity index (χ0n) is 13.6. The second-order valence-electron chi connectivity index (χ2n) is 6.57. The fraction of sp³-hybridized carbons (Fsp3) is 0.529. The highest BCUT2D eigenvalue weighted by Gasteiger charge is 2.25. The van der Waals surface area contributed by atoms with Gasteiger partial charge < -0.3 is 15.2 Å². The lowest BCUT2D eigenvalue weighted by atomic mass is 9.88. The van der Waals surface area contributed by atoms with Crippen LogP contribution in [0.1, 0.15) is 40.5 Å². The maximum absolute atomic E-state index is 12.1. The lowest BCUT2D eigenvalue weighted by Gasteiger charge is -2.23. The van der Waals surface area contributed by atoms with Gasteiger partial charge >= 0.3 is 5.97 Å². The van der Waals surface area contributed by atoms with Gasteiger partial charge in [-0.3, -0.25) is 4.79 Å². The van der Waals surface area contributed by atoms with E-state index in [1.807, 2.05) is 39.0 Å². The summed E-state index contributed by atoms with van der Waals surface area (Å²) < 4.78 is 5.50. The lowest BCUT2D eigenvalue weighted by Crippen LogP contribution is -2.46. The van der Waals surface area contributed by atoms with Crippen molar-refractivity contribution in [1.82, 2.24) is 5.32 Å². The molecule has 0 spiro atoms. The molecule has 0 aromatic heterocycles. The van der Waals surface area contributed by atoms with Gasteiger partial charge in [-0.1, -0.05) is 39.0 Å². The smallest absolute Gasteiger partial charge is 0.326 e. The molecule has 1 aromatic rings. The molecule has 0 bridgehead atoms. The van der Waals surface area contributed by atoms with Crippen LogP contribution in [0.4, 0.5) is 0 Å². The van der Waals surface area contributed by atoms with E-state index in [4.69, 9.17) is 4.74 Å². The summed E-state index contributed by atoms with van der Waals surface area (Å²) in [7, 11) is 0. The Labute approximate surface area is 131 Å². The van der Waals surface area contributed by atoms with Crippen molar-refractivity contribution >= 4 is 11.9 Å². The summed E-state index contributed by atoms with van der Waals surface area (Å²) in [5.41, 5.74) is 0.0184. The molecular formula is C17H25NO4. The highest BCUT2D eigenvalue weighted by molar-refractivity contribution is 5.86. The van der Waals surface area contributed by atoms with Crippen LogP contribution in [0.25, 0.3) is 0 Å². The van der Waals surface area contributed by atoms with Crippen LogP contribution in [0.3, 0.4) is 0 Å². The van der Waals surface area contributed by atoms with Crippen LogP contribution in [-0.4, -0.2) is 29.1 Å². The average Bonchev–Trinajstić information content (AvgIpc) is 2.42. The second kappa shape index (κ2) is 7.82. The van der Waals surface area contributed by atoms with Gasteiger partial charge in [0, 0.05) is 0 Å². The summed E-state index contributed by atoms with van der Waals surface area (Å²) >= 11 is 0. The molecule has 0 saturated heterocycles. The number of benzene rings is 1. The quantitative estimate of drug-likeness (QED) is 0.812. The molecule has 1 amide bonds. The Morgan fingerprint density at radius 1 is 1.23 bits per heavy atom. The maximum atomic E-state index is 12.1. The third-order valence-electron chi connectivity index (χ3n) is 3.22. The molecule has 22 heavy (non-hydrogen) atoms. The van der Waals surface area contributed by atoms with Gasteiger partial charge in [-0.2, -0.15) is 0 Å². The van der Waals surface area contributed by atoms with Crippen LogP contribution in [0.5, 0.6) is 5.75 Å². The molecule has 5 heteroatoms. The van der Waals surface area contributed by atoms with Gasteiger partial charge in [-0.25, -0.2) is 4.79 Å². The molecule has 5 nitrogen and oxygen atoms in total. The van der Waals surface area contributed by atoms with E-state index in [2.05, 4.69) is 5.32 Å². The summed E-state index contributed by atoms with van der Waals surface area (Å²) in [6.45, 7) is 7.71. The van der Waals surface area contributed by atoms with E-state index in [1.165, 1.54) is 0 Å². The zero-order valence-corrected chi connectivity index (χ0v) is 13.6. The normalized spacial score (nSPS) is 14.0. The summed E-state index contributed by atoms with van der Waals surface area (Å²) in [5.74, 6) is -0.874. The van der Waals surface area contributed by atoms with Crippen molar-refractivity contribution in [3.05, 3.63) is 30.3 Å². The number of carbonyl (C=O) groups excluding carboxylic acids is 1. The van der Waals surface area contributed by atoms with Crippen LogP contribution < -0.4 is 10.1 Å². The van der Waals surface area contributed by atoms with Crippen molar-refractivity contribution in [3.63, 3.8) is 0 Å². The Kier molecular flexibility index (Phi) is 6.40. The van der Waals surface area contributed by atoms with Gasteiger partial charge in [0.1, 0.15) is 11.8 Å². The molecular weight excluding hydrogens is 282 g/mol. The summed E-state index contributed by atoms with van der Waals surface area (Å²) in [4.78, 5) is 23.4. The number of carboxylic acids is 1. The number of ether oxygens (including phenoxy) is 1. The fourth-order valence-electron chi connectivity index (χ4n) is 1.88. The Morgan fingerprint density at radius 3 is 2.32 bits per heavy atom. The van der Waals surface area contributed by atoms with E-state index in [0.29, 0.717) is 18.6 Å². The zero-order chi connectivity index (χ0) is 16.8. The van der Waals surface area contributed by atoms with Crippen LogP contribution in [0.15, 0.2) is 30.3 Å². The number of para-hydroxylation sites is 1. The first-order valence-electron chi connectivity index (χ1n) is 7.44. The predicted octanol–water partition coefficient (Wildman–Crippen LogP) is 2.85. The van der Waals surface area contributed by atoms with Crippen molar-refractivity contribution in [2.75, 3.05) is 0 Å². The molecule has 0 radical (unpaired) electrons. The van der Waals surface area contributed by atoms with E-state index in [0.717, 1.165) is 0 Å². The number of rotatable bonds is 7. The van der Waals surface area contributed by atoms with Crippen molar-refractivity contribution in [3.8, 4) is 5.75 Å². The molecule has 122 valence electrons. The van der Waals surface area contributed by atoms with Crippen molar-refractivity contribution in [2.45, 2.75) is 52.7 Å². The summed E-state index contributed by atoms with van der Waals surface area (Å²) in [6, 6.07) is 8.07. The first kappa shape index (κ1) is 18.0. The Balaban J connectivity index is 2.57. The Hall–Kier alpha value is -2.04. The number of carbonyl (C=O) groups is 2. The van der Waals surface area contributed by atoms with Crippen molar-refractivity contribution in [2.24, 2.45) is 5.41 Å². The van der Waals surface area contributed by atoms with Gasteiger partial charge in [0.15, 0.2) is 6.10 Å². The summed E-state index contributed by atoms with van der Waals surface area (Å²) in [6.07, 6.45) is 0.347. The highest BCUT2D eigenvalue weighted by Crippen LogP contribution is 2.21. The van der Waals surface area contributed by atoms with Crippen LogP contribution in [0.2, 0.25) is 0 Å². The first-order chi connectivity index (χ1) is 10.2. The van der Waals surface area contributed by atoms with Gasteiger partial charge in [-0.05, 0) is 37.3 Å². The minimum Gasteiger partial charge on any atom is -0.481 e. The van der Waals surface area contributed by atoms with E-state index in [9.17, 15) is 14.7 Å². The molecule has 0 fully saturated rings. The van der Waals surface area contributed by atoms with Crippen LogP contribution in [0, 0.1) is 5.41 Å². The minimum atomic E-state index is -1.02. The molecule has 2 unspecified atom stereocenters. The Bertz CT molecular complexity index is 493. The molecule has 0 aliphatic heterocycles. The molecule has 2 atom stereocenters. The van der Waals surface area contributed by atoms with Crippen molar-refractivity contribution in [1.29, 1.82) is 0 Å². The number of carboxylic acid groups (broad SMARTS) is 1. The van der Waals surface area contributed by atoms with E-state index in [1.54, 1.807) is 19.1 Å². The fourth-order valence-corrected chi connectivity index (χ4v) is 1.88. The monoisotopic (exact) mass is 307 g/mol. The molecule has 0 aliphatic carbocycles. The lowest BCUT2D eigenvalue weighted by molar-refractivity contribution is -0.143. The minimum absolute atomic E-state index is 0.0184. The van der Waals surface area contributed by atoms with E-state index in [-0.39, 0.29) is 5.41 Å². The standard InChI is InChI=1S/C17H25NO4/c1-12(22-13-8-6-5-7-9-13)15(19)18-14(16(20)21)10-11-17(2,3)4/h5-9,12,14H,10-11H2,1-4H3,(H,18,19)(H,20,21). The topological polar surface area (TPSA) is 75.6 Å². The number of hydrogen-bond donors (Lipinski definition) is 2. The predicted molar refractivity (Wildman–Crippen MR) is 84.8 cm³/mol. The third kappa shape index (κ3) is 6.61. The Morgan fingerprint density at radius 2 is 1.82 bits per heavy atom. The van der Waals surface area contributed by atoms with Gasteiger partial charge in [0.25, 0.3) is 5.91 Å². The van der Waals surface area contributed by atoms with Crippen LogP contribution >= 0.6 is 0 Å².